The van der Waals surface area contributed by atoms with E-state index in [0.717, 1.165) is 17.7 Å². The molecule has 4 aromatic rings. The van der Waals surface area contributed by atoms with Crippen LogP contribution >= 0.6 is 11.5 Å². The summed E-state index contributed by atoms with van der Waals surface area (Å²) in [6, 6.07) is 3.29. The second kappa shape index (κ2) is 12.1. The van der Waals surface area contributed by atoms with Gasteiger partial charge in [-0.15, -0.1) is 0 Å². The molecule has 1 fully saturated rings. The molecule has 4 N–H and O–H groups in total. The first-order chi connectivity index (χ1) is 18.7. The molecule has 0 amide bonds. The molecule has 0 saturated carbocycles. The van der Waals surface area contributed by atoms with Crippen LogP contribution in [0.15, 0.2) is 41.8 Å². The summed E-state index contributed by atoms with van der Waals surface area (Å²) in [5, 5.41) is 17.8. The number of pyridine rings is 3. The van der Waals surface area contributed by atoms with Crippen LogP contribution in [-0.2, 0) is 11.2 Å². The lowest BCUT2D eigenvalue weighted by molar-refractivity contribution is -0.123. The lowest BCUT2D eigenvalue weighted by Gasteiger charge is -2.39. The van der Waals surface area contributed by atoms with Gasteiger partial charge in [-0.2, -0.15) is 4.37 Å². The first-order valence-corrected chi connectivity index (χ1v) is 12.8. The van der Waals surface area contributed by atoms with Crippen molar-refractivity contribution in [1.29, 1.82) is 0 Å². The highest BCUT2D eigenvalue weighted by molar-refractivity contribution is 7.08. The number of aliphatic hydroxyl groups is 1. The normalized spacial score (nSPS) is 13.1. The predicted molar refractivity (Wildman–Crippen MR) is 142 cm³/mol. The number of rotatable bonds is 8. The van der Waals surface area contributed by atoms with Crippen LogP contribution in [0.1, 0.15) is 27.9 Å². The Bertz CT molecular complexity index is 1550. The van der Waals surface area contributed by atoms with E-state index in [-0.39, 0.29) is 41.3 Å². The maximum Gasteiger partial charge on any atom is 0.341 e. The third-order valence-corrected chi connectivity index (χ3v) is 6.88. The number of nitrogens with zero attached hydrogens (tertiary/aromatic N) is 6. The molecular weight excluding hydrogens is 529 g/mol. The smallest absolute Gasteiger partial charge is 0.341 e. The number of hydrogen-bond donors (Lipinski definition) is 3. The predicted octanol–water partition coefficient (Wildman–Crippen LogP) is 1.35. The number of hydrogen-bond acceptors (Lipinski definition) is 11. The van der Waals surface area contributed by atoms with Crippen molar-refractivity contribution in [3.63, 3.8) is 0 Å². The number of nitrogens with two attached hydrogens (primary N) is 1. The van der Waals surface area contributed by atoms with Gasteiger partial charge in [-0.25, -0.2) is 19.2 Å². The van der Waals surface area contributed by atoms with Crippen LogP contribution in [0.4, 0.5) is 10.2 Å². The van der Waals surface area contributed by atoms with Crippen LogP contribution in [0.2, 0.25) is 0 Å². The van der Waals surface area contributed by atoms with Crippen molar-refractivity contribution in [3.8, 4) is 5.13 Å². The zero-order valence-corrected chi connectivity index (χ0v) is 21.8. The Balaban J connectivity index is 0.000000826. The molecule has 0 atom stereocenters. The van der Waals surface area contributed by atoms with Gasteiger partial charge in [-0.05, 0) is 36.6 Å². The number of fused-ring (bicyclic) bond motifs is 1. The third-order valence-electron chi connectivity index (χ3n) is 6.22. The summed E-state index contributed by atoms with van der Waals surface area (Å²) in [7, 11) is 0. The molecule has 12 nitrogen and oxygen atoms in total. The summed E-state index contributed by atoms with van der Waals surface area (Å²) in [5.74, 6) is -1.34. The molecule has 0 bridgehead atoms. The summed E-state index contributed by atoms with van der Waals surface area (Å²) in [5.41, 5.74) is 5.08. The molecule has 0 unspecified atom stereocenters. The number of aromatic carboxylic acids is 1. The Kier molecular flexibility index (Phi) is 8.69. The van der Waals surface area contributed by atoms with Crippen molar-refractivity contribution >= 4 is 40.1 Å². The van der Waals surface area contributed by atoms with Gasteiger partial charge in [0.1, 0.15) is 29.3 Å². The van der Waals surface area contributed by atoms with Gasteiger partial charge in [-0.1, -0.05) is 0 Å². The molecule has 1 saturated heterocycles. The third kappa shape index (κ3) is 5.97. The number of carbonyl (C=O) groups excluding carboxylic acids is 1. The average Bonchev–Trinajstić information content (AvgIpc) is 3.42. The number of ketones is 1. The van der Waals surface area contributed by atoms with E-state index < -0.39 is 17.2 Å². The number of anilines is 1. The van der Waals surface area contributed by atoms with Gasteiger partial charge in [0.15, 0.2) is 5.65 Å². The lowest BCUT2D eigenvalue weighted by Crippen LogP contribution is -2.51. The van der Waals surface area contributed by atoms with Crippen molar-refractivity contribution in [2.24, 2.45) is 11.7 Å². The standard InChI is InChI=1S/C23H19FN6O4S.C2H7NO/c1-12-6-18(29-8-14(9-29)17(31)3-2-13-4-5-25-7-16(13)24)28-21-19(12)20(32)15(22(33)34)10-30(21)23-26-11-27-35-23;3-1-2-4/h4-7,10-11,14H,2-3,8-9H2,1H3,(H,33,34);4H,1-3H2. The first kappa shape index (κ1) is 27.9. The summed E-state index contributed by atoms with van der Waals surface area (Å²) in [6.07, 6.45) is 5.74. The Labute approximate surface area is 225 Å². The van der Waals surface area contributed by atoms with Gasteiger partial charge < -0.3 is 20.8 Å². The molecule has 1 aliphatic rings. The van der Waals surface area contributed by atoms with Crippen LogP contribution in [0, 0.1) is 18.7 Å². The Hall–Kier alpha value is -4.14. The molecule has 5 heterocycles. The highest BCUT2D eigenvalue weighted by Gasteiger charge is 2.33. The summed E-state index contributed by atoms with van der Waals surface area (Å²) in [6.45, 7) is 3.09. The molecule has 0 aliphatic carbocycles. The van der Waals surface area contributed by atoms with Crippen molar-refractivity contribution in [3.05, 3.63) is 69.8 Å². The molecule has 1 aliphatic heterocycles. The van der Waals surface area contributed by atoms with E-state index in [2.05, 4.69) is 19.3 Å². The molecule has 0 radical (unpaired) electrons. The van der Waals surface area contributed by atoms with Crippen LogP contribution in [0.3, 0.4) is 0 Å². The Morgan fingerprint density at radius 1 is 1.31 bits per heavy atom. The van der Waals surface area contributed by atoms with Gasteiger partial charge >= 0.3 is 5.97 Å². The number of carboxylic acid groups (broad SMARTS) is 1. The number of carbonyl (C=O) groups is 2. The molecule has 204 valence electrons. The molecule has 39 heavy (non-hydrogen) atoms. The van der Waals surface area contributed by atoms with E-state index in [1.165, 1.54) is 23.3 Å². The average molecular weight is 556 g/mol. The molecule has 4 aromatic heterocycles. The molecule has 0 spiro atoms. The van der Waals surface area contributed by atoms with E-state index in [4.69, 9.17) is 10.8 Å². The number of halogens is 1. The summed E-state index contributed by atoms with van der Waals surface area (Å²) in [4.78, 5) is 51.6. The zero-order chi connectivity index (χ0) is 28.1. The number of Topliss-reactive ketones (excluding diaryl/α,β-unsaturated/α-hetero) is 1. The summed E-state index contributed by atoms with van der Waals surface area (Å²) < 4.78 is 19.2. The summed E-state index contributed by atoms with van der Waals surface area (Å²) >= 11 is 1.04. The number of aromatic nitrogens is 5. The van der Waals surface area contributed by atoms with Crippen molar-refractivity contribution < 1.29 is 24.2 Å². The highest BCUT2D eigenvalue weighted by atomic mass is 32.1. The number of carboxylic acids is 1. The molecule has 0 aromatic carbocycles. The molecular formula is C25H26FN7O5S. The second-order valence-corrected chi connectivity index (χ2v) is 9.57. The minimum Gasteiger partial charge on any atom is -0.477 e. The monoisotopic (exact) mass is 555 g/mol. The Morgan fingerprint density at radius 3 is 2.67 bits per heavy atom. The van der Waals surface area contributed by atoms with Crippen molar-refractivity contribution in [2.45, 2.75) is 19.8 Å². The highest BCUT2D eigenvalue weighted by Crippen LogP contribution is 2.29. The second-order valence-electron chi connectivity index (χ2n) is 8.81. The van der Waals surface area contributed by atoms with E-state index >= 15 is 0 Å². The quantitative estimate of drug-likeness (QED) is 0.286. The molecule has 14 heteroatoms. The fourth-order valence-corrected chi connectivity index (χ4v) is 4.66. The maximum atomic E-state index is 13.8. The minimum atomic E-state index is -1.34. The topological polar surface area (TPSA) is 177 Å². The maximum absolute atomic E-state index is 13.8. The van der Waals surface area contributed by atoms with Gasteiger partial charge in [0.25, 0.3) is 0 Å². The number of aliphatic hydroxyl groups excluding tert-OH is 1. The van der Waals surface area contributed by atoms with E-state index in [1.807, 2.05) is 4.90 Å². The van der Waals surface area contributed by atoms with Crippen LogP contribution < -0.4 is 16.1 Å². The van der Waals surface area contributed by atoms with Crippen molar-refractivity contribution in [1.82, 2.24) is 23.9 Å². The number of aryl methyl sites for hydroxylation is 2. The zero-order valence-electron chi connectivity index (χ0n) is 21.0. The SMILES string of the molecule is Cc1cc(N2CC(C(=O)CCc3ccncc3F)C2)nc2c1c(=O)c(C(=O)O)cn2-c1ncns1.NCCO. The van der Waals surface area contributed by atoms with Crippen LogP contribution in [-0.4, -0.2) is 72.1 Å². The van der Waals surface area contributed by atoms with E-state index in [1.54, 1.807) is 19.1 Å². The first-order valence-electron chi connectivity index (χ1n) is 12.0. The molecule has 5 rings (SSSR count). The van der Waals surface area contributed by atoms with Crippen LogP contribution in [0.25, 0.3) is 16.2 Å². The fraction of sp³-hybridized carbons (Fsp3) is 0.320. The van der Waals surface area contributed by atoms with E-state index in [9.17, 15) is 23.9 Å². The fourth-order valence-electron chi connectivity index (χ4n) is 4.15. The largest absolute Gasteiger partial charge is 0.477 e. The Morgan fingerprint density at radius 2 is 2.05 bits per heavy atom. The van der Waals surface area contributed by atoms with Gasteiger partial charge in [-0.3, -0.25) is 19.1 Å². The van der Waals surface area contributed by atoms with Crippen molar-refractivity contribution in [2.75, 3.05) is 31.1 Å². The van der Waals surface area contributed by atoms with Gasteiger partial charge in [0.2, 0.25) is 10.6 Å². The minimum absolute atomic E-state index is 0.0480. The van der Waals surface area contributed by atoms with Gasteiger partial charge in [0.05, 0.1) is 24.1 Å². The van der Waals surface area contributed by atoms with Gasteiger partial charge in [0, 0.05) is 50.0 Å². The lowest BCUT2D eigenvalue weighted by atomic mass is 9.91. The van der Waals surface area contributed by atoms with E-state index in [0.29, 0.717) is 48.1 Å². The van der Waals surface area contributed by atoms with Crippen LogP contribution in [0.5, 0.6) is 0 Å².